The highest BCUT2D eigenvalue weighted by Crippen LogP contribution is 2.39. The Bertz CT molecular complexity index is 848. The Morgan fingerprint density at radius 2 is 1.38 bits per heavy atom. The Labute approximate surface area is 150 Å². The summed E-state index contributed by atoms with van der Waals surface area (Å²) in [6.45, 7) is 0. The van der Waals surface area contributed by atoms with Crippen molar-refractivity contribution in [3.63, 3.8) is 0 Å². The summed E-state index contributed by atoms with van der Waals surface area (Å²) in [6, 6.07) is 17.0. The van der Waals surface area contributed by atoms with Gasteiger partial charge >= 0.3 is 5.97 Å². The standard InChI is InChI=1S/C20H18N2O4/c23-19(17-15-10-11-16(26-15)18(17)20(24)25)22-14-8-6-13(7-9-14)21-12-4-2-1-3-5-12/h1-11,15-18,21H,(H,22,23)(H,24,25)/t15-,16-,17+,18+/m1/s1. The summed E-state index contributed by atoms with van der Waals surface area (Å²) in [5.74, 6) is -2.91. The molecule has 6 nitrogen and oxygen atoms in total. The second kappa shape index (κ2) is 6.65. The zero-order chi connectivity index (χ0) is 18.1. The molecule has 6 heteroatoms. The Kier molecular flexibility index (Phi) is 4.18. The molecular weight excluding hydrogens is 332 g/mol. The van der Waals surface area contributed by atoms with Gasteiger partial charge in [-0.15, -0.1) is 0 Å². The van der Waals surface area contributed by atoms with Crippen LogP contribution in [0, 0.1) is 11.8 Å². The van der Waals surface area contributed by atoms with Crippen LogP contribution in [0.25, 0.3) is 0 Å². The van der Waals surface area contributed by atoms with E-state index in [4.69, 9.17) is 4.74 Å². The van der Waals surface area contributed by atoms with Gasteiger partial charge in [0.25, 0.3) is 0 Å². The van der Waals surface area contributed by atoms with Crippen LogP contribution in [-0.2, 0) is 14.3 Å². The number of carboxylic acids is 1. The second-order valence-corrected chi connectivity index (χ2v) is 6.40. The van der Waals surface area contributed by atoms with Crippen molar-refractivity contribution in [3.8, 4) is 0 Å². The zero-order valence-electron chi connectivity index (χ0n) is 13.8. The number of hydrogen-bond acceptors (Lipinski definition) is 4. The maximum atomic E-state index is 12.6. The van der Waals surface area contributed by atoms with Crippen LogP contribution >= 0.6 is 0 Å². The first-order chi connectivity index (χ1) is 12.6. The van der Waals surface area contributed by atoms with Crippen molar-refractivity contribution in [2.75, 3.05) is 10.6 Å². The fourth-order valence-electron chi connectivity index (χ4n) is 3.47. The molecule has 2 aliphatic heterocycles. The van der Waals surface area contributed by atoms with Gasteiger partial charge < -0.3 is 20.5 Å². The molecule has 26 heavy (non-hydrogen) atoms. The van der Waals surface area contributed by atoms with E-state index >= 15 is 0 Å². The van der Waals surface area contributed by atoms with Crippen LogP contribution in [0.4, 0.5) is 17.1 Å². The number of rotatable bonds is 5. The molecule has 2 aliphatic rings. The smallest absolute Gasteiger partial charge is 0.310 e. The molecule has 0 saturated carbocycles. The van der Waals surface area contributed by atoms with Crippen LogP contribution in [0.5, 0.6) is 0 Å². The molecular formula is C20H18N2O4. The summed E-state index contributed by atoms with van der Waals surface area (Å²) >= 11 is 0. The van der Waals surface area contributed by atoms with Crippen molar-refractivity contribution in [2.45, 2.75) is 12.2 Å². The molecule has 0 radical (unpaired) electrons. The largest absolute Gasteiger partial charge is 0.481 e. The van der Waals surface area contributed by atoms with E-state index in [1.54, 1.807) is 24.3 Å². The van der Waals surface area contributed by atoms with Gasteiger partial charge in [0.1, 0.15) is 5.92 Å². The summed E-state index contributed by atoms with van der Waals surface area (Å²) in [5, 5.41) is 15.5. The fraction of sp³-hybridized carbons (Fsp3) is 0.200. The van der Waals surface area contributed by atoms with E-state index in [0.717, 1.165) is 11.4 Å². The number of benzene rings is 2. The molecule has 0 spiro atoms. The number of carbonyl (C=O) groups excluding carboxylic acids is 1. The Hall–Kier alpha value is -3.12. The van der Waals surface area contributed by atoms with Crippen LogP contribution in [0.15, 0.2) is 66.7 Å². The predicted molar refractivity (Wildman–Crippen MR) is 97.2 cm³/mol. The molecule has 3 N–H and O–H groups in total. The monoisotopic (exact) mass is 350 g/mol. The summed E-state index contributed by atoms with van der Waals surface area (Å²) in [6.07, 6.45) is 2.49. The lowest BCUT2D eigenvalue weighted by Gasteiger charge is -2.21. The number of para-hydroxylation sites is 1. The average Bonchev–Trinajstić information content (AvgIpc) is 3.25. The summed E-state index contributed by atoms with van der Waals surface area (Å²) < 4.78 is 5.54. The lowest BCUT2D eigenvalue weighted by atomic mass is 9.82. The first-order valence-corrected chi connectivity index (χ1v) is 8.41. The van der Waals surface area contributed by atoms with Crippen molar-refractivity contribution < 1.29 is 19.4 Å². The Morgan fingerprint density at radius 1 is 0.808 bits per heavy atom. The first-order valence-electron chi connectivity index (χ1n) is 8.41. The molecule has 2 bridgehead atoms. The van der Waals surface area contributed by atoms with Gasteiger partial charge in [-0.1, -0.05) is 30.4 Å². The Balaban J connectivity index is 1.43. The van der Waals surface area contributed by atoms with Crippen LogP contribution in [0.2, 0.25) is 0 Å². The van der Waals surface area contributed by atoms with Gasteiger partial charge in [-0.3, -0.25) is 9.59 Å². The fourth-order valence-corrected chi connectivity index (χ4v) is 3.47. The highest BCUT2D eigenvalue weighted by atomic mass is 16.5. The number of aliphatic carboxylic acids is 1. The highest BCUT2D eigenvalue weighted by Gasteiger charge is 2.53. The van der Waals surface area contributed by atoms with E-state index in [2.05, 4.69) is 10.6 Å². The van der Waals surface area contributed by atoms with E-state index in [-0.39, 0.29) is 5.91 Å². The number of fused-ring (bicyclic) bond motifs is 2. The summed E-state index contributed by atoms with van der Waals surface area (Å²) in [5.41, 5.74) is 2.48. The lowest BCUT2D eigenvalue weighted by Crippen LogP contribution is -2.39. The van der Waals surface area contributed by atoms with Crippen LogP contribution < -0.4 is 10.6 Å². The number of nitrogens with one attached hydrogen (secondary N) is 2. The van der Waals surface area contributed by atoms with Crippen molar-refractivity contribution >= 4 is 28.9 Å². The molecule has 0 aliphatic carbocycles. The van der Waals surface area contributed by atoms with Crippen molar-refractivity contribution in [1.29, 1.82) is 0 Å². The van der Waals surface area contributed by atoms with E-state index in [0.29, 0.717) is 5.69 Å². The minimum Gasteiger partial charge on any atom is -0.481 e. The Morgan fingerprint density at radius 3 is 2.04 bits per heavy atom. The molecule has 4 atom stereocenters. The van der Waals surface area contributed by atoms with Crippen LogP contribution in [0.3, 0.4) is 0 Å². The normalized spacial score (nSPS) is 25.8. The van der Waals surface area contributed by atoms with Gasteiger partial charge in [0.05, 0.1) is 18.1 Å². The molecule has 2 heterocycles. The highest BCUT2D eigenvalue weighted by molar-refractivity contribution is 5.96. The minimum atomic E-state index is -1.01. The van der Waals surface area contributed by atoms with Gasteiger partial charge in [0, 0.05) is 17.1 Å². The third-order valence-corrected chi connectivity index (χ3v) is 4.70. The molecule has 2 aromatic rings. The molecule has 0 aromatic heterocycles. The van der Waals surface area contributed by atoms with Gasteiger partial charge in [-0.25, -0.2) is 0 Å². The number of carbonyl (C=O) groups is 2. The molecule has 1 fully saturated rings. The van der Waals surface area contributed by atoms with Gasteiger partial charge in [-0.2, -0.15) is 0 Å². The number of ether oxygens (including phenoxy) is 1. The van der Waals surface area contributed by atoms with Crippen LogP contribution in [-0.4, -0.2) is 29.2 Å². The third kappa shape index (κ3) is 3.07. The minimum absolute atomic E-state index is 0.335. The summed E-state index contributed by atoms with van der Waals surface area (Å²) in [7, 11) is 0. The number of anilines is 3. The SMILES string of the molecule is O=C(O)[C@@H]1[C@@H](C(=O)Nc2ccc(Nc3ccccc3)cc2)[C@H]2C=C[C@H]1O2. The molecule has 0 unspecified atom stereocenters. The van der Waals surface area contributed by atoms with Crippen molar-refractivity contribution in [3.05, 3.63) is 66.7 Å². The van der Waals surface area contributed by atoms with Crippen molar-refractivity contribution in [2.24, 2.45) is 11.8 Å². The van der Waals surface area contributed by atoms with Crippen molar-refractivity contribution in [1.82, 2.24) is 0 Å². The topological polar surface area (TPSA) is 87.7 Å². The quantitative estimate of drug-likeness (QED) is 0.722. The number of carboxylic acid groups (broad SMARTS) is 1. The van der Waals surface area contributed by atoms with Gasteiger partial charge in [0.2, 0.25) is 5.91 Å². The number of amides is 1. The van der Waals surface area contributed by atoms with Crippen LogP contribution in [0.1, 0.15) is 0 Å². The molecule has 1 saturated heterocycles. The zero-order valence-corrected chi connectivity index (χ0v) is 13.8. The molecule has 2 aromatic carbocycles. The van der Waals surface area contributed by atoms with E-state index in [9.17, 15) is 14.7 Å². The third-order valence-electron chi connectivity index (χ3n) is 4.70. The maximum Gasteiger partial charge on any atom is 0.310 e. The van der Waals surface area contributed by atoms with E-state index < -0.39 is 30.0 Å². The lowest BCUT2D eigenvalue weighted by molar-refractivity contribution is -0.145. The maximum absolute atomic E-state index is 12.6. The van der Waals surface area contributed by atoms with Gasteiger partial charge in [0.15, 0.2) is 0 Å². The molecule has 132 valence electrons. The first kappa shape index (κ1) is 16.4. The molecule has 1 amide bonds. The van der Waals surface area contributed by atoms with Gasteiger partial charge in [-0.05, 0) is 36.4 Å². The average molecular weight is 350 g/mol. The predicted octanol–water partition coefficient (Wildman–Crippen LogP) is 3.02. The van der Waals surface area contributed by atoms with E-state index in [1.165, 1.54) is 0 Å². The summed E-state index contributed by atoms with van der Waals surface area (Å²) in [4.78, 5) is 24.1. The second-order valence-electron chi connectivity index (χ2n) is 6.40. The molecule has 4 rings (SSSR count). The number of hydrogen-bond donors (Lipinski definition) is 3. The van der Waals surface area contributed by atoms with E-state index in [1.807, 2.05) is 42.5 Å².